The number of urea groups is 1. The molecule has 2 fully saturated rings. The number of aliphatic hydroxyl groups excluding tert-OH is 1. The van der Waals surface area contributed by atoms with Crippen molar-refractivity contribution in [2.75, 3.05) is 26.3 Å². The van der Waals surface area contributed by atoms with Crippen molar-refractivity contribution in [1.82, 2.24) is 10.2 Å². The van der Waals surface area contributed by atoms with Gasteiger partial charge in [0, 0.05) is 19.5 Å². The van der Waals surface area contributed by atoms with Crippen LogP contribution in [-0.4, -0.2) is 48.4 Å². The van der Waals surface area contributed by atoms with Crippen molar-refractivity contribution >= 4 is 6.03 Å². The fourth-order valence-electron chi connectivity index (χ4n) is 3.77. The lowest BCUT2D eigenvalue weighted by Gasteiger charge is -2.37. The number of furan rings is 1. The molecular weight excluding hydrogens is 308 g/mol. The normalized spacial score (nSPS) is 24.8. The SMILES string of the molecule is CC1(CNC(=O)N2CCOCC2CC(O)c2ccco2)CCCC1. The van der Waals surface area contributed by atoms with Gasteiger partial charge < -0.3 is 24.5 Å². The van der Waals surface area contributed by atoms with E-state index in [0.29, 0.717) is 31.9 Å². The monoisotopic (exact) mass is 336 g/mol. The van der Waals surface area contributed by atoms with Crippen LogP contribution in [0.5, 0.6) is 0 Å². The number of carbonyl (C=O) groups is 1. The van der Waals surface area contributed by atoms with Crippen LogP contribution in [0.2, 0.25) is 0 Å². The lowest BCUT2D eigenvalue weighted by Crippen LogP contribution is -2.54. The van der Waals surface area contributed by atoms with E-state index in [2.05, 4.69) is 12.2 Å². The summed E-state index contributed by atoms with van der Waals surface area (Å²) in [4.78, 5) is 14.4. The third kappa shape index (κ3) is 4.11. The molecule has 2 amide bonds. The van der Waals surface area contributed by atoms with E-state index in [1.165, 1.54) is 25.7 Å². The van der Waals surface area contributed by atoms with E-state index >= 15 is 0 Å². The predicted molar refractivity (Wildman–Crippen MR) is 89.6 cm³/mol. The Bertz CT molecular complexity index is 525. The van der Waals surface area contributed by atoms with Gasteiger partial charge in [-0.2, -0.15) is 0 Å². The average molecular weight is 336 g/mol. The van der Waals surface area contributed by atoms with Gasteiger partial charge in [-0.1, -0.05) is 19.8 Å². The number of ether oxygens (including phenoxy) is 1. The lowest BCUT2D eigenvalue weighted by molar-refractivity contribution is -0.0101. The van der Waals surface area contributed by atoms with E-state index in [9.17, 15) is 9.90 Å². The minimum absolute atomic E-state index is 0.0527. The van der Waals surface area contributed by atoms with Gasteiger partial charge in [0.15, 0.2) is 0 Å². The first-order valence-corrected chi connectivity index (χ1v) is 8.91. The highest BCUT2D eigenvalue weighted by Crippen LogP contribution is 2.36. The van der Waals surface area contributed by atoms with Crippen LogP contribution in [0, 0.1) is 5.41 Å². The van der Waals surface area contributed by atoms with Crippen LogP contribution in [0.15, 0.2) is 22.8 Å². The molecule has 134 valence electrons. The number of morpholine rings is 1. The first kappa shape index (κ1) is 17.3. The summed E-state index contributed by atoms with van der Waals surface area (Å²) in [7, 11) is 0. The van der Waals surface area contributed by atoms with E-state index in [-0.39, 0.29) is 17.5 Å². The number of hydrogen-bond donors (Lipinski definition) is 2. The van der Waals surface area contributed by atoms with Crippen molar-refractivity contribution in [2.24, 2.45) is 5.41 Å². The van der Waals surface area contributed by atoms with Gasteiger partial charge >= 0.3 is 6.03 Å². The van der Waals surface area contributed by atoms with Gasteiger partial charge in [0.2, 0.25) is 0 Å². The summed E-state index contributed by atoms with van der Waals surface area (Å²) in [5.41, 5.74) is 0.227. The Kier molecular flexibility index (Phi) is 5.46. The van der Waals surface area contributed by atoms with Crippen molar-refractivity contribution in [1.29, 1.82) is 0 Å². The summed E-state index contributed by atoms with van der Waals surface area (Å²) in [6.45, 7) is 4.51. The van der Waals surface area contributed by atoms with Gasteiger partial charge in [-0.05, 0) is 30.4 Å². The molecule has 1 saturated heterocycles. The van der Waals surface area contributed by atoms with Crippen molar-refractivity contribution in [3.05, 3.63) is 24.2 Å². The second-order valence-electron chi connectivity index (χ2n) is 7.37. The molecule has 1 aromatic heterocycles. The van der Waals surface area contributed by atoms with Gasteiger partial charge in [-0.15, -0.1) is 0 Å². The molecule has 0 radical (unpaired) electrons. The highest BCUT2D eigenvalue weighted by molar-refractivity contribution is 5.74. The Hall–Kier alpha value is -1.53. The van der Waals surface area contributed by atoms with E-state index in [1.54, 1.807) is 23.3 Å². The largest absolute Gasteiger partial charge is 0.467 e. The molecule has 1 aliphatic heterocycles. The molecule has 6 nitrogen and oxygen atoms in total. The van der Waals surface area contributed by atoms with Crippen molar-refractivity contribution < 1.29 is 19.1 Å². The fourth-order valence-corrected chi connectivity index (χ4v) is 3.77. The zero-order valence-electron chi connectivity index (χ0n) is 14.4. The first-order chi connectivity index (χ1) is 11.6. The summed E-state index contributed by atoms with van der Waals surface area (Å²) in [5, 5.41) is 13.4. The molecule has 2 N–H and O–H groups in total. The van der Waals surface area contributed by atoms with Crippen LogP contribution in [0.3, 0.4) is 0 Å². The fraction of sp³-hybridized carbons (Fsp3) is 0.722. The standard InChI is InChI=1S/C18H28N2O4/c1-18(6-2-3-7-18)13-19-17(22)20-8-10-23-12-14(20)11-15(21)16-5-4-9-24-16/h4-5,9,14-15,21H,2-3,6-8,10-13H2,1H3,(H,19,22). The number of rotatable bonds is 5. The summed E-state index contributed by atoms with van der Waals surface area (Å²) < 4.78 is 10.8. The summed E-state index contributed by atoms with van der Waals surface area (Å²) in [6.07, 6.45) is 6.09. The molecule has 1 saturated carbocycles. The Labute approximate surface area is 143 Å². The van der Waals surface area contributed by atoms with E-state index in [0.717, 1.165) is 6.54 Å². The zero-order valence-corrected chi connectivity index (χ0v) is 14.4. The third-order valence-electron chi connectivity index (χ3n) is 5.33. The molecule has 1 aromatic rings. The summed E-state index contributed by atoms with van der Waals surface area (Å²) >= 11 is 0. The highest BCUT2D eigenvalue weighted by atomic mass is 16.5. The second-order valence-corrected chi connectivity index (χ2v) is 7.37. The molecular formula is C18H28N2O4. The minimum Gasteiger partial charge on any atom is -0.467 e. The Morgan fingerprint density at radius 2 is 2.29 bits per heavy atom. The summed E-state index contributed by atoms with van der Waals surface area (Å²) in [5.74, 6) is 0.527. The second kappa shape index (κ2) is 7.57. The zero-order chi connectivity index (χ0) is 17.0. The molecule has 6 heteroatoms. The number of amides is 2. The summed E-state index contributed by atoms with van der Waals surface area (Å²) in [6, 6.07) is 3.31. The minimum atomic E-state index is -0.727. The van der Waals surface area contributed by atoms with E-state index in [1.807, 2.05) is 0 Å². The average Bonchev–Trinajstić information content (AvgIpc) is 3.25. The third-order valence-corrected chi connectivity index (χ3v) is 5.33. The lowest BCUT2D eigenvalue weighted by atomic mass is 9.89. The van der Waals surface area contributed by atoms with Crippen LogP contribution in [-0.2, 0) is 4.74 Å². The molecule has 0 spiro atoms. The molecule has 2 atom stereocenters. The van der Waals surface area contributed by atoms with Gasteiger partial charge in [-0.3, -0.25) is 0 Å². The van der Waals surface area contributed by atoms with Crippen molar-refractivity contribution in [2.45, 2.75) is 51.2 Å². The quantitative estimate of drug-likeness (QED) is 0.867. The number of nitrogens with one attached hydrogen (secondary N) is 1. The predicted octanol–water partition coefficient (Wildman–Crippen LogP) is 2.69. The van der Waals surface area contributed by atoms with Crippen LogP contribution < -0.4 is 5.32 Å². The Morgan fingerprint density at radius 1 is 1.50 bits per heavy atom. The first-order valence-electron chi connectivity index (χ1n) is 8.91. The molecule has 0 aromatic carbocycles. The van der Waals surface area contributed by atoms with Crippen LogP contribution >= 0.6 is 0 Å². The maximum atomic E-state index is 12.6. The van der Waals surface area contributed by atoms with Crippen LogP contribution in [0.25, 0.3) is 0 Å². The van der Waals surface area contributed by atoms with Crippen molar-refractivity contribution in [3.63, 3.8) is 0 Å². The highest BCUT2D eigenvalue weighted by Gasteiger charge is 2.33. The van der Waals surface area contributed by atoms with Crippen molar-refractivity contribution in [3.8, 4) is 0 Å². The topological polar surface area (TPSA) is 74.9 Å². The van der Waals surface area contributed by atoms with Gasteiger partial charge in [0.05, 0.1) is 25.5 Å². The number of aliphatic hydroxyl groups is 1. The maximum Gasteiger partial charge on any atom is 0.317 e. The molecule has 24 heavy (non-hydrogen) atoms. The van der Waals surface area contributed by atoms with Gasteiger partial charge in [-0.25, -0.2) is 4.79 Å². The molecule has 2 aliphatic rings. The van der Waals surface area contributed by atoms with Gasteiger partial charge in [0.25, 0.3) is 0 Å². The van der Waals surface area contributed by atoms with Crippen LogP contribution in [0.4, 0.5) is 4.79 Å². The smallest absolute Gasteiger partial charge is 0.317 e. The maximum absolute atomic E-state index is 12.6. The molecule has 2 unspecified atom stereocenters. The van der Waals surface area contributed by atoms with Crippen LogP contribution in [0.1, 0.15) is 50.9 Å². The van der Waals surface area contributed by atoms with E-state index in [4.69, 9.17) is 9.15 Å². The number of hydrogen-bond acceptors (Lipinski definition) is 4. The van der Waals surface area contributed by atoms with Gasteiger partial charge in [0.1, 0.15) is 11.9 Å². The molecule has 2 heterocycles. The van der Waals surface area contributed by atoms with E-state index < -0.39 is 6.10 Å². The number of carbonyl (C=O) groups excluding carboxylic acids is 1. The number of nitrogens with zero attached hydrogens (tertiary/aromatic N) is 1. The molecule has 1 aliphatic carbocycles. The molecule has 0 bridgehead atoms. The Balaban J connectivity index is 1.56. The molecule has 3 rings (SSSR count). The Morgan fingerprint density at radius 3 is 3.00 bits per heavy atom.